The Labute approximate surface area is 179 Å². The molecular formula is C19H17BrN2O5S2. The van der Waals surface area contributed by atoms with Crippen molar-refractivity contribution in [2.45, 2.75) is 17.9 Å². The number of sulfone groups is 1. The van der Waals surface area contributed by atoms with E-state index in [0.29, 0.717) is 10.4 Å². The molecule has 152 valence electrons. The van der Waals surface area contributed by atoms with Crippen LogP contribution in [0.1, 0.15) is 5.56 Å². The fraction of sp³-hybridized carbons (Fsp3) is 0.211. The third-order valence-electron chi connectivity index (χ3n) is 4.09. The van der Waals surface area contributed by atoms with Gasteiger partial charge in [-0.2, -0.15) is 4.99 Å². The largest absolute Gasteiger partial charge is 0.468 e. The minimum absolute atomic E-state index is 0.0141. The highest BCUT2D eigenvalue weighted by Crippen LogP contribution is 2.22. The summed E-state index contributed by atoms with van der Waals surface area (Å²) in [5, 5.41) is 0. The summed E-state index contributed by atoms with van der Waals surface area (Å²) >= 11 is 4.70. The van der Waals surface area contributed by atoms with E-state index in [0.717, 1.165) is 20.9 Å². The molecule has 0 spiro atoms. The third kappa shape index (κ3) is 5.20. The number of carbonyl (C=O) groups is 2. The highest BCUT2D eigenvalue weighted by atomic mass is 79.9. The topological polar surface area (TPSA) is 94.8 Å². The minimum Gasteiger partial charge on any atom is -0.468 e. The van der Waals surface area contributed by atoms with E-state index in [2.05, 4.69) is 20.9 Å². The highest BCUT2D eigenvalue weighted by Gasteiger charge is 2.13. The quantitative estimate of drug-likeness (QED) is 0.506. The van der Waals surface area contributed by atoms with Gasteiger partial charge in [0.15, 0.2) is 14.6 Å². The molecule has 0 fully saturated rings. The van der Waals surface area contributed by atoms with E-state index in [1.807, 2.05) is 18.2 Å². The molecule has 2 aromatic carbocycles. The molecule has 7 nitrogen and oxygen atoms in total. The number of amides is 1. The molecule has 0 unspecified atom stereocenters. The van der Waals surface area contributed by atoms with Crippen molar-refractivity contribution in [3.8, 4) is 0 Å². The van der Waals surface area contributed by atoms with Gasteiger partial charge in [-0.15, -0.1) is 0 Å². The molecular weight excluding hydrogens is 480 g/mol. The summed E-state index contributed by atoms with van der Waals surface area (Å²) in [5.41, 5.74) is 1.42. The van der Waals surface area contributed by atoms with Crippen LogP contribution in [0.2, 0.25) is 0 Å². The van der Waals surface area contributed by atoms with Gasteiger partial charge in [0.25, 0.3) is 5.91 Å². The van der Waals surface area contributed by atoms with Crippen LogP contribution in [0, 0.1) is 0 Å². The molecule has 0 aliphatic rings. The zero-order valence-electron chi connectivity index (χ0n) is 15.6. The van der Waals surface area contributed by atoms with Gasteiger partial charge in [0.2, 0.25) is 0 Å². The Morgan fingerprint density at radius 3 is 2.48 bits per heavy atom. The smallest absolute Gasteiger partial charge is 0.325 e. The molecule has 0 aliphatic carbocycles. The summed E-state index contributed by atoms with van der Waals surface area (Å²) < 4.78 is 31.2. The van der Waals surface area contributed by atoms with E-state index >= 15 is 0 Å². The predicted molar refractivity (Wildman–Crippen MR) is 113 cm³/mol. The highest BCUT2D eigenvalue weighted by molar-refractivity contribution is 9.10. The van der Waals surface area contributed by atoms with Crippen molar-refractivity contribution in [2.75, 3.05) is 13.4 Å². The van der Waals surface area contributed by atoms with Crippen molar-refractivity contribution < 1.29 is 22.7 Å². The molecule has 1 amide bonds. The lowest BCUT2D eigenvalue weighted by Crippen LogP contribution is -2.22. The van der Waals surface area contributed by atoms with Crippen molar-refractivity contribution in [1.29, 1.82) is 0 Å². The Hall–Kier alpha value is -2.30. The zero-order valence-corrected chi connectivity index (χ0v) is 18.8. The second-order valence-corrected chi connectivity index (χ2v) is 10.2. The van der Waals surface area contributed by atoms with E-state index in [1.165, 1.54) is 30.6 Å². The fourth-order valence-corrected chi connectivity index (χ4v) is 4.88. The Morgan fingerprint density at radius 1 is 1.17 bits per heavy atom. The second kappa shape index (κ2) is 8.60. The van der Waals surface area contributed by atoms with Crippen LogP contribution in [0.25, 0.3) is 10.2 Å². The van der Waals surface area contributed by atoms with Gasteiger partial charge in [0.05, 0.1) is 28.6 Å². The monoisotopic (exact) mass is 496 g/mol. The molecule has 0 aliphatic heterocycles. The van der Waals surface area contributed by atoms with Crippen molar-refractivity contribution in [1.82, 2.24) is 4.57 Å². The van der Waals surface area contributed by atoms with Crippen LogP contribution in [0.15, 0.2) is 56.8 Å². The molecule has 10 heteroatoms. The van der Waals surface area contributed by atoms with Crippen LogP contribution in [0.5, 0.6) is 0 Å². The number of aromatic nitrogens is 1. The molecule has 0 bridgehead atoms. The SMILES string of the molecule is COC(=O)Cn1c(=NC(=O)Cc2ccc(S(C)(=O)=O)cc2)sc2cc(Br)ccc21. The van der Waals surface area contributed by atoms with E-state index in [-0.39, 0.29) is 17.9 Å². The van der Waals surface area contributed by atoms with Crippen LogP contribution >= 0.6 is 27.3 Å². The van der Waals surface area contributed by atoms with Gasteiger partial charge in [0, 0.05) is 10.7 Å². The number of benzene rings is 2. The van der Waals surface area contributed by atoms with Gasteiger partial charge in [-0.25, -0.2) is 8.42 Å². The Balaban J connectivity index is 1.95. The number of fused-ring (bicyclic) bond motifs is 1. The lowest BCUT2D eigenvalue weighted by molar-refractivity contribution is -0.141. The molecule has 0 N–H and O–H groups in total. The number of halogens is 1. The average Bonchev–Trinajstić information content (AvgIpc) is 2.97. The standard InChI is InChI=1S/C19H17BrN2O5S2/c1-27-18(24)11-22-15-8-5-13(20)10-16(15)28-19(22)21-17(23)9-12-3-6-14(7-4-12)29(2,25)26/h3-8,10H,9,11H2,1-2H3. The third-order valence-corrected chi connectivity index (χ3v) is 6.75. The lowest BCUT2D eigenvalue weighted by Gasteiger charge is -2.04. The summed E-state index contributed by atoms with van der Waals surface area (Å²) in [6, 6.07) is 11.7. The van der Waals surface area contributed by atoms with Gasteiger partial charge in [-0.1, -0.05) is 39.4 Å². The number of methoxy groups -OCH3 is 1. The zero-order chi connectivity index (χ0) is 21.2. The number of carbonyl (C=O) groups excluding carboxylic acids is 2. The Bertz CT molecular complexity index is 1260. The number of hydrogen-bond acceptors (Lipinski definition) is 6. The van der Waals surface area contributed by atoms with Gasteiger partial charge >= 0.3 is 5.97 Å². The van der Waals surface area contributed by atoms with Crippen LogP contribution in [0.4, 0.5) is 0 Å². The predicted octanol–water partition coefficient (Wildman–Crippen LogP) is 2.71. The summed E-state index contributed by atoms with van der Waals surface area (Å²) in [6.45, 7) is -0.0622. The number of rotatable bonds is 5. The van der Waals surface area contributed by atoms with Gasteiger partial charge in [-0.3, -0.25) is 9.59 Å². The van der Waals surface area contributed by atoms with Crippen LogP contribution < -0.4 is 4.80 Å². The van der Waals surface area contributed by atoms with Crippen LogP contribution in [0.3, 0.4) is 0 Å². The summed E-state index contributed by atoms with van der Waals surface area (Å²) in [7, 11) is -1.99. The molecule has 3 rings (SSSR count). The van der Waals surface area contributed by atoms with E-state index in [1.54, 1.807) is 16.7 Å². The maximum absolute atomic E-state index is 12.5. The maximum atomic E-state index is 12.5. The van der Waals surface area contributed by atoms with E-state index in [4.69, 9.17) is 4.74 Å². The molecule has 3 aromatic rings. The normalized spacial score (nSPS) is 12.3. The molecule has 1 heterocycles. The molecule has 0 saturated heterocycles. The van der Waals surface area contributed by atoms with Crippen molar-refractivity contribution >= 4 is 59.2 Å². The minimum atomic E-state index is -3.29. The molecule has 0 saturated carbocycles. The number of thiazole rings is 1. The summed E-state index contributed by atoms with van der Waals surface area (Å²) in [4.78, 5) is 29.1. The Kier molecular flexibility index (Phi) is 6.35. The lowest BCUT2D eigenvalue weighted by atomic mass is 10.1. The van der Waals surface area contributed by atoms with Crippen LogP contribution in [-0.4, -0.2) is 38.2 Å². The fourth-order valence-electron chi connectivity index (χ4n) is 2.65. The number of esters is 1. The number of hydrogen-bond donors (Lipinski definition) is 0. The van der Waals surface area contributed by atoms with Crippen molar-refractivity contribution in [3.05, 3.63) is 57.3 Å². The summed E-state index contributed by atoms with van der Waals surface area (Å²) in [6.07, 6.45) is 1.14. The first-order valence-corrected chi connectivity index (χ1v) is 11.9. The van der Waals surface area contributed by atoms with E-state index in [9.17, 15) is 18.0 Å². The van der Waals surface area contributed by atoms with Crippen LogP contribution in [-0.2, 0) is 37.1 Å². The maximum Gasteiger partial charge on any atom is 0.325 e. The Morgan fingerprint density at radius 2 is 1.86 bits per heavy atom. The molecule has 29 heavy (non-hydrogen) atoms. The van der Waals surface area contributed by atoms with Crippen molar-refractivity contribution in [3.63, 3.8) is 0 Å². The number of nitrogens with zero attached hydrogens (tertiary/aromatic N) is 2. The molecule has 0 radical (unpaired) electrons. The second-order valence-electron chi connectivity index (χ2n) is 6.26. The first-order valence-electron chi connectivity index (χ1n) is 8.39. The van der Waals surface area contributed by atoms with Gasteiger partial charge < -0.3 is 9.30 Å². The number of ether oxygens (including phenoxy) is 1. The van der Waals surface area contributed by atoms with Gasteiger partial charge in [-0.05, 0) is 35.9 Å². The average molecular weight is 497 g/mol. The summed E-state index contributed by atoms with van der Waals surface area (Å²) in [5.74, 6) is -0.848. The first kappa shape index (κ1) is 21.4. The van der Waals surface area contributed by atoms with Crippen molar-refractivity contribution in [2.24, 2.45) is 4.99 Å². The van der Waals surface area contributed by atoms with Gasteiger partial charge in [0.1, 0.15) is 6.54 Å². The molecule has 0 atom stereocenters. The molecule has 1 aromatic heterocycles. The first-order chi connectivity index (χ1) is 13.7. The van der Waals surface area contributed by atoms with E-state index < -0.39 is 21.7 Å².